The Labute approximate surface area is 140 Å². The van der Waals surface area contributed by atoms with Crippen molar-refractivity contribution >= 4 is 29.2 Å². The maximum absolute atomic E-state index is 12.6. The Morgan fingerprint density at radius 2 is 1.78 bits per heavy atom. The molecule has 2 rings (SSSR count). The minimum atomic E-state index is -1.38. The largest absolute Gasteiger partial charge is 0.477 e. The van der Waals surface area contributed by atoms with Crippen molar-refractivity contribution in [3.63, 3.8) is 0 Å². The van der Waals surface area contributed by atoms with Gasteiger partial charge in [0.05, 0.1) is 11.3 Å². The average molecular weight is 358 g/mol. The van der Waals surface area contributed by atoms with Gasteiger partial charge in [-0.3, -0.25) is 4.79 Å². The number of nitrogens with zero attached hydrogens (tertiary/aromatic N) is 2. The lowest BCUT2D eigenvalue weighted by molar-refractivity contribution is 0.0687. The molecule has 122 valence electrons. The molecule has 7 nitrogen and oxygen atoms in total. The third kappa shape index (κ3) is 3.64. The molecule has 2 N–H and O–H groups in total. The van der Waals surface area contributed by atoms with Crippen LogP contribution in [0.4, 0.5) is 0 Å². The standard InChI is InChI=1S/C14H13Cl2N3O4/c1-18(2)6-10-11(13(21)22)17-14(23)19(12(10)20)9-4-7(15)3-8(16)5-9/h3-5H,6H2,1-2H3,(H,17,23)(H,21,22). The fourth-order valence-electron chi connectivity index (χ4n) is 2.12. The molecule has 1 aromatic carbocycles. The number of hydrogen-bond donors (Lipinski definition) is 2. The molecule has 0 aliphatic heterocycles. The number of rotatable bonds is 4. The summed E-state index contributed by atoms with van der Waals surface area (Å²) in [6, 6.07) is 4.24. The normalized spacial score (nSPS) is 11.0. The van der Waals surface area contributed by atoms with Crippen LogP contribution in [0.2, 0.25) is 10.0 Å². The molecule has 1 aromatic heterocycles. The lowest BCUT2D eigenvalue weighted by atomic mass is 10.2. The molecule has 0 radical (unpaired) electrons. The van der Waals surface area contributed by atoms with Crippen LogP contribution >= 0.6 is 23.2 Å². The van der Waals surface area contributed by atoms with Crippen molar-refractivity contribution in [3.8, 4) is 5.69 Å². The molecule has 0 bridgehead atoms. The van der Waals surface area contributed by atoms with Crippen LogP contribution < -0.4 is 11.2 Å². The van der Waals surface area contributed by atoms with Gasteiger partial charge in [-0.2, -0.15) is 0 Å². The Morgan fingerprint density at radius 1 is 1.22 bits per heavy atom. The number of carboxylic acid groups (broad SMARTS) is 1. The van der Waals surface area contributed by atoms with Gasteiger partial charge in [0.25, 0.3) is 5.56 Å². The Morgan fingerprint density at radius 3 is 2.26 bits per heavy atom. The topological polar surface area (TPSA) is 95.4 Å². The van der Waals surface area contributed by atoms with Crippen LogP contribution in [0.15, 0.2) is 27.8 Å². The molecular weight excluding hydrogens is 345 g/mol. The minimum Gasteiger partial charge on any atom is -0.477 e. The summed E-state index contributed by atoms with van der Waals surface area (Å²) in [6.07, 6.45) is 0. The van der Waals surface area contributed by atoms with Crippen molar-refractivity contribution in [1.82, 2.24) is 14.5 Å². The van der Waals surface area contributed by atoms with Gasteiger partial charge in [-0.1, -0.05) is 23.2 Å². The molecule has 2 aromatic rings. The van der Waals surface area contributed by atoms with Crippen LogP contribution in [0.3, 0.4) is 0 Å². The van der Waals surface area contributed by atoms with Crippen LogP contribution in [0.5, 0.6) is 0 Å². The molecule has 0 atom stereocenters. The summed E-state index contributed by atoms with van der Waals surface area (Å²) in [5.41, 5.74) is -1.94. The first-order valence-electron chi connectivity index (χ1n) is 6.43. The zero-order valence-electron chi connectivity index (χ0n) is 12.3. The van der Waals surface area contributed by atoms with Crippen LogP contribution in [0.1, 0.15) is 16.1 Å². The predicted molar refractivity (Wildman–Crippen MR) is 87.0 cm³/mol. The average Bonchev–Trinajstić information content (AvgIpc) is 2.40. The third-order valence-electron chi connectivity index (χ3n) is 2.99. The number of aromatic carboxylic acids is 1. The van der Waals surface area contributed by atoms with Crippen LogP contribution in [0.25, 0.3) is 5.69 Å². The number of benzene rings is 1. The Hall–Kier alpha value is -2.09. The first-order valence-corrected chi connectivity index (χ1v) is 7.19. The number of carboxylic acids is 1. The van der Waals surface area contributed by atoms with E-state index in [2.05, 4.69) is 4.98 Å². The smallest absolute Gasteiger partial charge is 0.352 e. The summed E-state index contributed by atoms with van der Waals surface area (Å²) < 4.78 is 0.809. The highest BCUT2D eigenvalue weighted by Gasteiger charge is 2.20. The first-order chi connectivity index (χ1) is 10.7. The number of hydrogen-bond acceptors (Lipinski definition) is 4. The Bertz CT molecular complexity index is 866. The van der Waals surface area contributed by atoms with Crippen LogP contribution in [0, 0.1) is 0 Å². The number of H-pyrrole nitrogens is 1. The van der Waals surface area contributed by atoms with E-state index in [1.54, 1.807) is 19.0 Å². The zero-order valence-corrected chi connectivity index (χ0v) is 13.8. The monoisotopic (exact) mass is 357 g/mol. The van der Waals surface area contributed by atoms with E-state index in [1.165, 1.54) is 18.2 Å². The fourth-order valence-corrected chi connectivity index (χ4v) is 2.64. The van der Waals surface area contributed by atoms with Crippen molar-refractivity contribution in [2.24, 2.45) is 0 Å². The second kappa shape index (κ2) is 6.57. The van der Waals surface area contributed by atoms with Gasteiger partial charge in [0, 0.05) is 16.6 Å². The summed E-state index contributed by atoms with van der Waals surface area (Å²) in [6.45, 7) is 0.0472. The van der Waals surface area contributed by atoms with Gasteiger partial charge >= 0.3 is 11.7 Å². The third-order valence-corrected chi connectivity index (χ3v) is 3.43. The second-order valence-electron chi connectivity index (χ2n) is 5.09. The number of aromatic amines is 1. The van der Waals surface area contributed by atoms with Gasteiger partial charge < -0.3 is 15.0 Å². The second-order valence-corrected chi connectivity index (χ2v) is 5.97. The van der Waals surface area contributed by atoms with E-state index < -0.39 is 22.9 Å². The van der Waals surface area contributed by atoms with Crippen LogP contribution in [-0.4, -0.2) is 39.6 Å². The maximum atomic E-state index is 12.6. The lowest BCUT2D eigenvalue weighted by Gasteiger charge is -2.14. The molecule has 0 saturated carbocycles. The van der Waals surface area contributed by atoms with Crippen molar-refractivity contribution in [1.29, 1.82) is 0 Å². The van der Waals surface area contributed by atoms with E-state index in [9.17, 15) is 19.5 Å². The van der Waals surface area contributed by atoms with Gasteiger partial charge in [-0.05, 0) is 32.3 Å². The molecule has 0 amide bonds. The Balaban J connectivity index is 2.82. The summed E-state index contributed by atoms with van der Waals surface area (Å²) in [5, 5.41) is 9.69. The summed E-state index contributed by atoms with van der Waals surface area (Å²) >= 11 is 11.8. The quantitative estimate of drug-likeness (QED) is 0.866. The summed E-state index contributed by atoms with van der Waals surface area (Å²) in [4.78, 5) is 39.9. The van der Waals surface area contributed by atoms with Crippen molar-refractivity contribution < 1.29 is 9.90 Å². The molecule has 0 unspecified atom stereocenters. The molecule has 0 fully saturated rings. The maximum Gasteiger partial charge on any atom is 0.352 e. The first kappa shape index (κ1) is 17.3. The highest BCUT2D eigenvalue weighted by molar-refractivity contribution is 6.34. The highest BCUT2D eigenvalue weighted by atomic mass is 35.5. The van der Waals surface area contributed by atoms with E-state index in [-0.39, 0.29) is 27.8 Å². The van der Waals surface area contributed by atoms with Gasteiger partial charge in [0.1, 0.15) is 5.69 Å². The minimum absolute atomic E-state index is 0.0433. The van der Waals surface area contributed by atoms with Crippen LogP contribution in [-0.2, 0) is 6.54 Å². The van der Waals surface area contributed by atoms with E-state index in [0.29, 0.717) is 0 Å². The highest BCUT2D eigenvalue weighted by Crippen LogP contribution is 2.20. The van der Waals surface area contributed by atoms with Crippen molar-refractivity contribution in [3.05, 3.63) is 60.3 Å². The van der Waals surface area contributed by atoms with E-state index in [4.69, 9.17) is 23.2 Å². The molecule has 23 heavy (non-hydrogen) atoms. The molecule has 0 aliphatic carbocycles. The summed E-state index contributed by atoms with van der Waals surface area (Å²) in [7, 11) is 3.35. The van der Waals surface area contributed by atoms with E-state index in [0.717, 1.165) is 4.57 Å². The Kier molecular flexibility index (Phi) is 4.93. The molecule has 0 saturated heterocycles. The number of carbonyl (C=O) groups is 1. The summed E-state index contributed by atoms with van der Waals surface area (Å²) in [5.74, 6) is -1.38. The molecular formula is C14H13Cl2N3O4. The predicted octanol–water partition coefficient (Wildman–Crippen LogP) is 1.59. The molecule has 9 heteroatoms. The van der Waals surface area contributed by atoms with Gasteiger partial charge in [-0.25, -0.2) is 14.2 Å². The van der Waals surface area contributed by atoms with Gasteiger partial charge in [0.2, 0.25) is 0 Å². The fraction of sp³-hybridized carbons (Fsp3) is 0.214. The molecule has 0 aliphatic rings. The number of halogens is 2. The zero-order chi connectivity index (χ0) is 17.3. The SMILES string of the molecule is CN(C)Cc1c(C(=O)O)[nH]c(=O)n(-c2cc(Cl)cc(Cl)c2)c1=O. The number of nitrogens with one attached hydrogen (secondary N) is 1. The molecule has 0 spiro atoms. The van der Waals surface area contributed by atoms with E-state index in [1.807, 2.05) is 0 Å². The number of aromatic nitrogens is 2. The van der Waals surface area contributed by atoms with Crippen molar-refractivity contribution in [2.45, 2.75) is 6.54 Å². The molecule has 1 heterocycles. The lowest BCUT2D eigenvalue weighted by Crippen LogP contribution is -2.39. The van der Waals surface area contributed by atoms with E-state index >= 15 is 0 Å². The van der Waals surface area contributed by atoms with Gasteiger partial charge in [-0.15, -0.1) is 0 Å². The van der Waals surface area contributed by atoms with Gasteiger partial charge in [0.15, 0.2) is 0 Å². The van der Waals surface area contributed by atoms with Crippen molar-refractivity contribution in [2.75, 3.05) is 14.1 Å².